The van der Waals surface area contributed by atoms with Crippen LogP contribution < -0.4 is 15.4 Å². The van der Waals surface area contributed by atoms with E-state index in [1.807, 2.05) is 12.1 Å². The van der Waals surface area contributed by atoms with Crippen LogP contribution in [0.5, 0.6) is 5.75 Å². The van der Waals surface area contributed by atoms with Crippen LogP contribution in [0.2, 0.25) is 0 Å². The summed E-state index contributed by atoms with van der Waals surface area (Å²) in [4.78, 5) is 11.8. The van der Waals surface area contributed by atoms with E-state index < -0.39 is 0 Å². The number of amides is 1. The first kappa shape index (κ1) is 15.8. The lowest BCUT2D eigenvalue weighted by Crippen LogP contribution is -2.51. The van der Waals surface area contributed by atoms with Gasteiger partial charge < -0.3 is 20.1 Å². The molecule has 1 amide bonds. The molecule has 1 atom stereocenters. The third-order valence-corrected chi connectivity index (χ3v) is 3.45. The van der Waals surface area contributed by atoms with Gasteiger partial charge in [0.1, 0.15) is 18.4 Å². The van der Waals surface area contributed by atoms with Crippen LogP contribution in [0.1, 0.15) is 25.3 Å². The maximum Gasteiger partial charge on any atom is 0.239 e. The van der Waals surface area contributed by atoms with Crippen molar-refractivity contribution in [3.8, 4) is 5.75 Å². The van der Waals surface area contributed by atoms with Crippen LogP contribution in [0.15, 0.2) is 24.3 Å². The number of nitrogens with one attached hydrogen (secondary N) is 2. The minimum atomic E-state index is -0.246. The predicted octanol–water partition coefficient (Wildman–Crippen LogP) is 1.29. The Labute approximate surface area is 126 Å². The summed E-state index contributed by atoms with van der Waals surface area (Å²) in [6.45, 7) is 7.09. The molecule has 2 N–H and O–H groups in total. The average molecular weight is 292 g/mol. The normalized spacial score (nSPS) is 18.5. The number of morpholine rings is 1. The molecule has 5 heteroatoms. The van der Waals surface area contributed by atoms with Crippen molar-refractivity contribution in [2.75, 3.05) is 32.9 Å². The molecule has 1 fully saturated rings. The standard InChI is InChI=1S/C16H24N2O3/c1-12(2)13-3-5-14(6-4-13)21-10-8-18-16(19)15-11-20-9-7-17-15/h3-6,12,15,17H,7-11H2,1-2H3,(H,18,19). The Balaban J connectivity index is 1.66. The molecule has 116 valence electrons. The van der Waals surface area contributed by atoms with Gasteiger partial charge in [0.15, 0.2) is 0 Å². The summed E-state index contributed by atoms with van der Waals surface area (Å²) in [6.07, 6.45) is 0. The summed E-state index contributed by atoms with van der Waals surface area (Å²) >= 11 is 0. The predicted molar refractivity (Wildman–Crippen MR) is 81.6 cm³/mol. The van der Waals surface area contributed by atoms with E-state index in [1.54, 1.807) is 0 Å². The van der Waals surface area contributed by atoms with Gasteiger partial charge in [0.25, 0.3) is 0 Å². The Bertz CT molecular complexity index is 439. The molecule has 0 saturated carbocycles. The molecule has 1 aromatic rings. The molecule has 2 rings (SSSR count). The summed E-state index contributed by atoms with van der Waals surface area (Å²) in [6, 6.07) is 7.83. The molecular formula is C16H24N2O3. The number of rotatable bonds is 6. The molecule has 0 radical (unpaired) electrons. The molecule has 0 spiro atoms. The SMILES string of the molecule is CC(C)c1ccc(OCCNC(=O)C2COCCN2)cc1. The zero-order chi connectivity index (χ0) is 15.1. The van der Waals surface area contributed by atoms with Gasteiger partial charge in [-0.2, -0.15) is 0 Å². The fraction of sp³-hybridized carbons (Fsp3) is 0.562. The van der Waals surface area contributed by atoms with Crippen LogP contribution in [0.3, 0.4) is 0 Å². The largest absolute Gasteiger partial charge is 0.492 e. The molecule has 1 aliphatic heterocycles. The highest BCUT2D eigenvalue weighted by atomic mass is 16.5. The molecule has 0 aliphatic carbocycles. The molecule has 1 heterocycles. The first-order valence-corrected chi connectivity index (χ1v) is 7.48. The molecule has 0 bridgehead atoms. The Hall–Kier alpha value is -1.59. The van der Waals surface area contributed by atoms with E-state index in [2.05, 4.69) is 36.6 Å². The van der Waals surface area contributed by atoms with Gasteiger partial charge in [-0.15, -0.1) is 0 Å². The maximum atomic E-state index is 11.8. The van der Waals surface area contributed by atoms with Crippen molar-refractivity contribution >= 4 is 5.91 Å². The van der Waals surface area contributed by atoms with Gasteiger partial charge >= 0.3 is 0 Å². The first-order chi connectivity index (χ1) is 10.2. The van der Waals surface area contributed by atoms with Crippen molar-refractivity contribution in [3.05, 3.63) is 29.8 Å². The highest BCUT2D eigenvalue weighted by molar-refractivity contribution is 5.81. The van der Waals surface area contributed by atoms with Gasteiger partial charge in [-0.05, 0) is 23.6 Å². The highest BCUT2D eigenvalue weighted by Crippen LogP contribution is 2.18. The molecule has 1 unspecified atom stereocenters. The fourth-order valence-corrected chi connectivity index (χ4v) is 2.15. The summed E-state index contributed by atoms with van der Waals surface area (Å²) in [5, 5.41) is 5.96. The monoisotopic (exact) mass is 292 g/mol. The van der Waals surface area contributed by atoms with Crippen molar-refractivity contribution in [2.45, 2.75) is 25.8 Å². The van der Waals surface area contributed by atoms with Crippen LogP contribution in [-0.4, -0.2) is 44.9 Å². The second-order valence-corrected chi connectivity index (χ2v) is 5.44. The Morgan fingerprint density at radius 2 is 2.19 bits per heavy atom. The smallest absolute Gasteiger partial charge is 0.239 e. The molecule has 1 aromatic carbocycles. The summed E-state index contributed by atoms with van der Waals surface area (Å²) < 4.78 is 10.9. The van der Waals surface area contributed by atoms with Crippen molar-refractivity contribution in [1.82, 2.24) is 10.6 Å². The molecule has 1 aliphatic rings. The van der Waals surface area contributed by atoms with Crippen LogP contribution in [0, 0.1) is 0 Å². The molecule has 0 aromatic heterocycles. The third-order valence-electron chi connectivity index (χ3n) is 3.45. The number of carbonyl (C=O) groups is 1. The summed E-state index contributed by atoms with van der Waals surface area (Å²) in [5.41, 5.74) is 1.29. The molecule has 21 heavy (non-hydrogen) atoms. The zero-order valence-electron chi connectivity index (χ0n) is 12.7. The number of hydrogen-bond donors (Lipinski definition) is 2. The maximum absolute atomic E-state index is 11.8. The lowest BCUT2D eigenvalue weighted by Gasteiger charge is -2.22. The second kappa shape index (κ2) is 8.00. The van der Waals surface area contributed by atoms with Gasteiger partial charge in [0, 0.05) is 6.54 Å². The van der Waals surface area contributed by atoms with Crippen LogP contribution in [-0.2, 0) is 9.53 Å². The average Bonchev–Trinajstić information content (AvgIpc) is 2.52. The lowest BCUT2D eigenvalue weighted by atomic mass is 10.0. The number of carbonyl (C=O) groups excluding carboxylic acids is 1. The first-order valence-electron chi connectivity index (χ1n) is 7.48. The van der Waals surface area contributed by atoms with Gasteiger partial charge in [0.05, 0.1) is 19.8 Å². The number of benzene rings is 1. The van der Waals surface area contributed by atoms with Gasteiger partial charge in [-0.25, -0.2) is 0 Å². The zero-order valence-corrected chi connectivity index (χ0v) is 12.7. The van der Waals surface area contributed by atoms with E-state index in [-0.39, 0.29) is 11.9 Å². The minimum Gasteiger partial charge on any atom is -0.492 e. The third kappa shape index (κ3) is 5.02. The van der Waals surface area contributed by atoms with E-state index in [0.717, 1.165) is 12.3 Å². The van der Waals surface area contributed by atoms with E-state index in [1.165, 1.54) is 5.56 Å². The topological polar surface area (TPSA) is 59.6 Å². The van der Waals surface area contributed by atoms with Gasteiger partial charge in [-0.3, -0.25) is 4.79 Å². The quantitative estimate of drug-likeness (QED) is 0.776. The highest BCUT2D eigenvalue weighted by Gasteiger charge is 2.20. The summed E-state index contributed by atoms with van der Waals surface area (Å²) in [7, 11) is 0. The number of ether oxygens (including phenoxy) is 2. The van der Waals surface area contributed by atoms with E-state index >= 15 is 0 Å². The minimum absolute atomic E-state index is 0.0338. The number of hydrogen-bond acceptors (Lipinski definition) is 4. The van der Waals surface area contributed by atoms with Crippen molar-refractivity contribution < 1.29 is 14.3 Å². The van der Waals surface area contributed by atoms with Crippen molar-refractivity contribution in [1.29, 1.82) is 0 Å². The Morgan fingerprint density at radius 3 is 2.81 bits per heavy atom. The van der Waals surface area contributed by atoms with Gasteiger partial charge in [0.2, 0.25) is 5.91 Å². The van der Waals surface area contributed by atoms with Crippen LogP contribution in [0.4, 0.5) is 0 Å². The van der Waals surface area contributed by atoms with Crippen molar-refractivity contribution in [2.24, 2.45) is 0 Å². The fourth-order valence-electron chi connectivity index (χ4n) is 2.15. The summed E-state index contributed by atoms with van der Waals surface area (Å²) in [5.74, 6) is 1.31. The Kier molecular flexibility index (Phi) is 6.02. The van der Waals surface area contributed by atoms with Crippen LogP contribution in [0.25, 0.3) is 0 Å². The van der Waals surface area contributed by atoms with E-state index in [0.29, 0.717) is 32.3 Å². The van der Waals surface area contributed by atoms with E-state index in [4.69, 9.17) is 9.47 Å². The lowest BCUT2D eigenvalue weighted by molar-refractivity contribution is -0.126. The second-order valence-electron chi connectivity index (χ2n) is 5.44. The van der Waals surface area contributed by atoms with E-state index in [9.17, 15) is 4.79 Å². The van der Waals surface area contributed by atoms with Gasteiger partial charge in [-0.1, -0.05) is 26.0 Å². The molecule has 5 nitrogen and oxygen atoms in total. The Morgan fingerprint density at radius 1 is 1.43 bits per heavy atom. The molecule has 1 saturated heterocycles. The molecular weight excluding hydrogens is 268 g/mol. The van der Waals surface area contributed by atoms with Crippen molar-refractivity contribution in [3.63, 3.8) is 0 Å². The van der Waals surface area contributed by atoms with Crippen LogP contribution >= 0.6 is 0 Å².